The molecule has 5 nitrogen and oxygen atoms in total. The second-order valence-electron chi connectivity index (χ2n) is 8.35. The van der Waals surface area contributed by atoms with Crippen LogP contribution in [0.25, 0.3) is 0 Å². The van der Waals surface area contributed by atoms with Crippen LogP contribution in [0.4, 0.5) is 0 Å². The van der Waals surface area contributed by atoms with Crippen molar-refractivity contribution in [1.82, 2.24) is 0 Å². The standard InChI is InChI=1S/C22H30O5/c1-5-6-7-8-13-11-15-18(19(23)16(13)21(24)25)17-14(12(2)3)9-10-22(4,26)20(17)27-15/h11,14,17,20,23,26H,2,5-10H2,1,3-4H3,(H,24,25)/t14-,17-,20+,22-/m1/s1. The molecular formula is C22H30O5. The molecule has 1 heterocycles. The van der Waals surface area contributed by atoms with E-state index < -0.39 is 17.7 Å². The molecular weight excluding hydrogens is 344 g/mol. The Balaban J connectivity index is 2.12. The van der Waals surface area contributed by atoms with E-state index in [4.69, 9.17) is 4.74 Å². The van der Waals surface area contributed by atoms with Crippen molar-refractivity contribution in [2.24, 2.45) is 5.92 Å². The van der Waals surface area contributed by atoms with E-state index in [2.05, 4.69) is 13.5 Å². The molecule has 1 fully saturated rings. The zero-order valence-electron chi connectivity index (χ0n) is 16.4. The number of carboxylic acids is 1. The summed E-state index contributed by atoms with van der Waals surface area (Å²) in [7, 11) is 0. The van der Waals surface area contributed by atoms with Gasteiger partial charge in [0.25, 0.3) is 0 Å². The SMILES string of the molecule is C=C(C)[C@H]1CC[C@@](C)(O)[C@H]2Oc3cc(CCCCC)c(C(=O)O)c(O)c3[C@@H]12. The molecule has 0 amide bonds. The molecule has 1 aromatic carbocycles. The lowest BCUT2D eigenvalue weighted by molar-refractivity contribution is -0.0824. The lowest BCUT2D eigenvalue weighted by Gasteiger charge is -2.42. The summed E-state index contributed by atoms with van der Waals surface area (Å²) in [6, 6.07) is 1.76. The first-order valence-corrected chi connectivity index (χ1v) is 9.85. The number of carbonyl (C=O) groups is 1. The highest BCUT2D eigenvalue weighted by Crippen LogP contribution is 2.57. The van der Waals surface area contributed by atoms with Crippen LogP contribution >= 0.6 is 0 Å². The minimum Gasteiger partial charge on any atom is -0.507 e. The zero-order valence-corrected chi connectivity index (χ0v) is 16.4. The molecule has 0 radical (unpaired) electrons. The topological polar surface area (TPSA) is 87.0 Å². The largest absolute Gasteiger partial charge is 0.507 e. The molecule has 1 aliphatic heterocycles. The van der Waals surface area contributed by atoms with Gasteiger partial charge in [-0.3, -0.25) is 0 Å². The third-order valence-corrected chi connectivity index (χ3v) is 6.20. The summed E-state index contributed by atoms with van der Waals surface area (Å²) in [6.45, 7) is 9.86. The van der Waals surface area contributed by atoms with Crippen molar-refractivity contribution in [3.63, 3.8) is 0 Å². The van der Waals surface area contributed by atoms with E-state index in [0.29, 0.717) is 29.7 Å². The number of aliphatic hydroxyl groups is 1. The number of phenols is 1. The molecule has 0 saturated heterocycles. The summed E-state index contributed by atoms with van der Waals surface area (Å²) in [5.74, 6) is -1.07. The van der Waals surface area contributed by atoms with Crippen LogP contribution < -0.4 is 4.74 Å². The average molecular weight is 374 g/mol. The monoisotopic (exact) mass is 374 g/mol. The second kappa shape index (κ2) is 7.19. The van der Waals surface area contributed by atoms with Gasteiger partial charge in [-0.1, -0.05) is 31.9 Å². The molecule has 27 heavy (non-hydrogen) atoms. The Bertz CT molecular complexity index is 764. The van der Waals surface area contributed by atoms with E-state index in [1.165, 1.54) is 0 Å². The molecule has 148 valence electrons. The maximum Gasteiger partial charge on any atom is 0.339 e. The lowest BCUT2D eigenvalue weighted by Crippen LogP contribution is -2.50. The van der Waals surface area contributed by atoms with Crippen molar-refractivity contribution >= 4 is 5.97 Å². The minimum atomic E-state index is -1.13. The molecule has 3 rings (SSSR count). The number of allylic oxidation sites excluding steroid dienone is 1. The van der Waals surface area contributed by atoms with Crippen molar-refractivity contribution < 1.29 is 24.9 Å². The number of aromatic hydroxyl groups is 1. The summed E-state index contributed by atoms with van der Waals surface area (Å²) in [6.07, 6.45) is 4.26. The maximum absolute atomic E-state index is 11.9. The Morgan fingerprint density at radius 1 is 1.41 bits per heavy atom. The molecule has 1 aromatic rings. The van der Waals surface area contributed by atoms with Gasteiger partial charge in [-0.25, -0.2) is 4.79 Å². The Morgan fingerprint density at radius 2 is 2.11 bits per heavy atom. The van der Waals surface area contributed by atoms with Crippen molar-refractivity contribution in [3.05, 3.63) is 34.9 Å². The molecule has 1 aliphatic carbocycles. The number of rotatable bonds is 6. The zero-order chi connectivity index (χ0) is 19.9. The van der Waals surface area contributed by atoms with E-state index in [1.54, 1.807) is 13.0 Å². The molecule has 2 aliphatic rings. The summed E-state index contributed by atoms with van der Waals surface area (Å²) in [5.41, 5.74) is 1.01. The van der Waals surface area contributed by atoms with Gasteiger partial charge in [0.2, 0.25) is 0 Å². The fourth-order valence-corrected chi connectivity index (χ4v) is 4.74. The van der Waals surface area contributed by atoms with Crippen LogP contribution in [0.2, 0.25) is 0 Å². The van der Waals surface area contributed by atoms with Crippen molar-refractivity contribution in [1.29, 1.82) is 0 Å². The van der Waals surface area contributed by atoms with E-state index in [9.17, 15) is 20.1 Å². The highest BCUT2D eigenvalue weighted by Gasteiger charge is 2.54. The van der Waals surface area contributed by atoms with Crippen LogP contribution in [0, 0.1) is 5.92 Å². The number of benzene rings is 1. The number of fused-ring (bicyclic) bond motifs is 3. The summed E-state index contributed by atoms with van der Waals surface area (Å²) >= 11 is 0. The van der Waals surface area contributed by atoms with Gasteiger partial charge in [-0.15, -0.1) is 0 Å². The normalized spacial score (nSPS) is 29.0. The minimum absolute atomic E-state index is 0.0280. The van der Waals surface area contributed by atoms with Crippen LogP contribution in [0.5, 0.6) is 11.5 Å². The van der Waals surface area contributed by atoms with E-state index in [0.717, 1.165) is 31.3 Å². The first kappa shape index (κ1) is 19.7. The predicted molar refractivity (Wildman–Crippen MR) is 104 cm³/mol. The second-order valence-corrected chi connectivity index (χ2v) is 8.35. The number of aryl methyl sites for hydroxylation is 1. The smallest absolute Gasteiger partial charge is 0.339 e. The first-order valence-electron chi connectivity index (χ1n) is 9.85. The summed E-state index contributed by atoms with van der Waals surface area (Å²) in [5, 5.41) is 31.6. The maximum atomic E-state index is 11.9. The third kappa shape index (κ3) is 3.33. The summed E-state index contributed by atoms with van der Waals surface area (Å²) in [4.78, 5) is 11.9. The van der Waals surface area contributed by atoms with Crippen molar-refractivity contribution in [3.8, 4) is 11.5 Å². The number of ether oxygens (including phenoxy) is 1. The first-order chi connectivity index (χ1) is 12.7. The van der Waals surface area contributed by atoms with E-state index in [1.807, 2.05) is 6.92 Å². The number of hydrogen-bond donors (Lipinski definition) is 3. The molecule has 4 atom stereocenters. The lowest BCUT2D eigenvalue weighted by atomic mass is 9.66. The van der Waals surface area contributed by atoms with Crippen LogP contribution in [-0.4, -0.2) is 33.0 Å². The molecule has 0 spiro atoms. The molecule has 0 unspecified atom stereocenters. The van der Waals surface area contributed by atoms with Crippen LogP contribution in [0.15, 0.2) is 18.2 Å². The molecule has 1 saturated carbocycles. The molecule has 0 bridgehead atoms. The number of aromatic carboxylic acids is 1. The molecule has 3 N–H and O–H groups in total. The molecule has 5 heteroatoms. The number of unbranched alkanes of at least 4 members (excludes halogenated alkanes) is 2. The third-order valence-electron chi connectivity index (χ3n) is 6.20. The van der Waals surface area contributed by atoms with Crippen molar-refractivity contribution in [2.75, 3.05) is 0 Å². The van der Waals surface area contributed by atoms with Gasteiger partial charge in [0, 0.05) is 11.5 Å². The Morgan fingerprint density at radius 3 is 2.70 bits per heavy atom. The van der Waals surface area contributed by atoms with Crippen LogP contribution in [0.1, 0.15) is 80.3 Å². The predicted octanol–water partition coefficient (Wildman–Crippen LogP) is 4.40. The molecule has 0 aromatic heterocycles. The van der Waals surface area contributed by atoms with Crippen LogP contribution in [0.3, 0.4) is 0 Å². The van der Waals surface area contributed by atoms with Gasteiger partial charge in [0.05, 0.1) is 5.60 Å². The number of carboxylic acid groups (broad SMARTS) is 1. The van der Waals surface area contributed by atoms with Crippen molar-refractivity contribution in [2.45, 2.75) is 76.9 Å². The highest BCUT2D eigenvalue weighted by molar-refractivity contribution is 5.94. The fourth-order valence-electron chi connectivity index (χ4n) is 4.74. The van der Waals surface area contributed by atoms with E-state index >= 15 is 0 Å². The average Bonchev–Trinajstić information content (AvgIpc) is 2.95. The number of hydrogen-bond acceptors (Lipinski definition) is 4. The van der Waals surface area contributed by atoms with Gasteiger partial charge < -0.3 is 20.1 Å². The quantitative estimate of drug-likeness (QED) is 0.507. The van der Waals surface area contributed by atoms with Gasteiger partial charge >= 0.3 is 5.97 Å². The van der Waals surface area contributed by atoms with Gasteiger partial charge in [-0.2, -0.15) is 0 Å². The fraction of sp³-hybridized carbons (Fsp3) is 0.591. The summed E-state index contributed by atoms with van der Waals surface area (Å²) < 4.78 is 6.13. The Kier molecular flexibility index (Phi) is 5.26. The van der Waals surface area contributed by atoms with Crippen LogP contribution in [-0.2, 0) is 6.42 Å². The Hall–Kier alpha value is -2.01. The van der Waals surface area contributed by atoms with Gasteiger partial charge in [0.15, 0.2) is 0 Å². The van der Waals surface area contributed by atoms with Gasteiger partial charge in [0.1, 0.15) is 23.2 Å². The van der Waals surface area contributed by atoms with E-state index in [-0.39, 0.29) is 23.1 Å². The highest BCUT2D eigenvalue weighted by atomic mass is 16.5. The van der Waals surface area contributed by atoms with Gasteiger partial charge in [-0.05, 0) is 57.1 Å². The Labute approximate surface area is 160 Å².